The SMILES string of the molecule is O=C(CCc1c[nH]c2ccccc12)N1CCC[C@@H](C(F)(F)F)C1. The van der Waals surface area contributed by atoms with E-state index in [1.54, 1.807) is 0 Å². The molecular formula is C17H19F3N2O. The number of amides is 1. The molecular weight excluding hydrogens is 305 g/mol. The van der Waals surface area contributed by atoms with E-state index in [2.05, 4.69) is 4.98 Å². The fourth-order valence-corrected chi connectivity index (χ4v) is 3.21. The van der Waals surface area contributed by atoms with Crippen molar-refractivity contribution >= 4 is 16.8 Å². The highest BCUT2D eigenvalue weighted by atomic mass is 19.4. The van der Waals surface area contributed by atoms with Crippen LogP contribution in [0.15, 0.2) is 30.5 Å². The Kier molecular flexibility index (Phi) is 4.33. The fourth-order valence-electron chi connectivity index (χ4n) is 3.21. The van der Waals surface area contributed by atoms with Gasteiger partial charge in [0, 0.05) is 36.6 Å². The standard InChI is InChI=1S/C17H19F3N2O/c18-17(19,20)13-4-3-9-22(11-13)16(23)8-7-12-10-21-15-6-2-1-5-14(12)15/h1-2,5-6,10,13,21H,3-4,7-9,11H2/t13-/m1/s1. The molecule has 2 heterocycles. The molecule has 1 aliphatic heterocycles. The van der Waals surface area contributed by atoms with Gasteiger partial charge < -0.3 is 9.88 Å². The molecule has 0 aliphatic carbocycles. The fraction of sp³-hybridized carbons (Fsp3) is 0.471. The van der Waals surface area contributed by atoms with Crippen LogP contribution in [0.2, 0.25) is 0 Å². The number of aromatic nitrogens is 1. The van der Waals surface area contributed by atoms with Gasteiger partial charge in [-0.25, -0.2) is 0 Å². The summed E-state index contributed by atoms with van der Waals surface area (Å²) in [6.07, 6.45) is -1.02. The van der Waals surface area contributed by atoms with E-state index >= 15 is 0 Å². The molecule has 1 aromatic carbocycles. The lowest BCUT2D eigenvalue weighted by molar-refractivity contribution is -0.188. The zero-order chi connectivity index (χ0) is 16.4. The highest BCUT2D eigenvalue weighted by Gasteiger charge is 2.42. The number of nitrogens with one attached hydrogen (secondary N) is 1. The third-order valence-corrected chi connectivity index (χ3v) is 4.52. The number of carbonyl (C=O) groups is 1. The molecule has 23 heavy (non-hydrogen) atoms. The van der Waals surface area contributed by atoms with Gasteiger partial charge in [0.15, 0.2) is 0 Å². The third-order valence-electron chi connectivity index (χ3n) is 4.52. The topological polar surface area (TPSA) is 36.1 Å². The summed E-state index contributed by atoms with van der Waals surface area (Å²) in [4.78, 5) is 16.8. The highest BCUT2D eigenvalue weighted by molar-refractivity contribution is 5.84. The minimum absolute atomic E-state index is 0.121. The van der Waals surface area contributed by atoms with Gasteiger partial charge in [-0.05, 0) is 30.9 Å². The first-order chi connectivity index (χ1) is 10.9. The molecule has 3 rings (SSSR count). The summed E-state index contributed by atoms with van der Waals surface area (Å²) >= 11 is 0. The summed E-state index contributed by atoms with van der Waals surface area (Å²) in [7, 11) is 0. The molecule has 6 heteroatoms. The van der Waals surface area contributed by atoms with Crippen molar-refractivity contribution in [2.75, 3.05) is 13.1 Å². The van der Waals surface area contributed by atoms with E-state index in [1.807, 2.05) is 30.5 Å². The number of aromatic amines is 1. The molecule has 1 N–H and O–H groups in total. The number of benzene rings is 1. The van der Waals surface area contributed by atoms with Gasteiger partial charge in [-0.3, -0.25) is 4.79 Å². The van der Waals surface area contributed by atoms with Crippen LogP contribution >= 0.6 is 0 Å². The maximum atomic E-state index is 12.8. The van der Waals surface area contributed by atoms with Crippen molar-refractivity contribution in [3.05, 3.63) is 36.0 Å². The van der Waals surface area contributed by atoms with Crippen molar-refractivity contribution < 1.29 is 18.0 Å². The summed E-state index contributed by atoms with van der Waals surface area (Å²) in [6, 6.07) is 7.80. The van der Waals surface area contributed by atoms with Gasteiger partial charge in [0.2, 0.25) is 5.91 Å². The highest BCUT2D eigenvalue weighted by Crippen LogP contribution is 2.33. The van der Waals surface area contributed by atoms with Crippen LogP contribution in [0, 0.1) is 5.92 Å². The molecule has 124 valence electrons. The van der Waals surface area contributed by atoms with Crippen LogP contribution < -0.4 is 0 Å². The van der Waals surface area contributed by atoms with E-state index < -0.39 is 12.1 Å². The molecule has 1 saturated heterocycles. The Balaban J connectivity index is 1.61. The first kappa shape index (κ1) is 15.9. The Hall–Kier alpha value is -1.98. The van der Waals surface area contributed by atoms with Gasteiger partial charge >= 0.3 is 6.18 Å². The van der Waals surface area contributed by atoms with Crippen LogP contribution in [0.3, 0.4) is 0 Å². The number of aryl methyl sites for hydroxylation is 1. The molecule has 0 bridgehead atoms. The summed E-state index contributed by atoms with van der Waals surface area (Å²) in [5.74, 6) is -1.57. The minimum atomic E-state index is -4.21. The Morgan fingerprint density at radius 3 is 2.87 bits per heavy atom. The molecule has 1 aliphatic rings. The van der Waals surface area contributed by atoms with Crippen molar-refractivity contribution in [2.45, 2.75) is 31.9 Å². The summed E-state index contributed by atoms with van der Waals surface area (Å²) in [5, 5.41) is 1.06. The average Bonchev–Trinajstić information content (AvgIpc) is 2.95. The zero-order valence-corrected chi connectivity index (χ0v) is 12.7. The van der Waals surface area contributed by atoms with Crippen LogP contribution in [0.25, 0.3) is 10.9 Å². The lowest BCUT2D eigenvalue weighted by Gasteiger charge is -2.33. The van der Waals surface area contributed by atoms with Gasteiger partial charge in [0.25, 0.3) is 0 Å². The number of alkyl halides is 3. The predicted octanol–water partition coefficient (Wildman–Crippen LogP) is 3.90. The van der Waals surface area contributed by atoms with Crippen molar-refractivity contribution in [1.82, 2.24) is 9.88 Å². The molecule has 1 aromatic heterocycles. The van der Waals surface area contributed by atoms with Crippen LogP contribution in [0.4, 0.5) is 13.2 Å². The number of carbonyl (C=O) groups excluding carboxylic acids is 1. The van der Waals surface area contributed by atoms with Gasteiger partial charge in [-0.1, -0.05) is 18.2 Å². The first-order valence-corrected chi connectivity index (χ1v) is 7.84. The van der Waals surface area contributed by atoms with E-state index in [4.69, 9.17) is 0 Å². The van der Waals surface area contributed by atoms with Gasteiger partial charge in [-0.15, -0.1) is 0 Å². The van der Waals surface area contributed by atoms with Crippen LogP contribution in [-0.4, -0.2) is 35.1 Å². The minimum Gasteiger partial charge on any atom is -0.361 e. The number of nitrogens with zero attached hydrogens (tertiary/aromatic N) is 1. The maximum absolute atomic E-state index is 12.8. The lowest BCUT2D eigenvalue weighted by atomic mass is 9.97. The summed E-state index contributed by atoms with van der Waals surface area (Å²) in [5.41, 5.74) is 2.03. The van der Waals surface area contributed by atoms with E-state index in [-0.39, 0.29) is 25.3 Å². The molecule has 0 saturated carbocycles. The van der Waals surface area contributed by atoms with Crippen LogP contribution in [0.1, 0.15) is 24.8 Å². The Bertz CT molecular complexity index is 692. The Morgan fingerprint density at radius 1 is 1.30 bits per heavy atom. The molecule has 1 amide bonds. The van der Waals surface area contributed by atoms with Crippen LogP contribution in [0.5, 0.6) is 0 Å². The number of para-hydroxylation sites is 1. The third kappa shape index (κ3) is 3.51. The number of halogens is 3. The van der Waals surface area contributed by atoms with Crippen molar-refractivity contribution in [1.29, 1.82) is 0 Å². The number of piperidine rings is 1. The number of likely N-dealkylation sites (tertiary alicyclic amines) is 1. The molecule has 0 spiro atoms. The summed E-state index contributed by atoms with van der Waals surface area (Å²) < 4.78 is 38.5. The lowest BCUT2D eigenvalue weighted by Crippen LogP contribution is -2.44. The second-order valence-electron chi connectivity index (χ2n) is 6.08. The molecule has 3 nitrogen and oxygen atoms in total. The van der Waals surface area contributed by atoms with Crippen molar-refractivity contribution in [2.24, 2.45) is 5.92 Å². The van der Waals surface area contributed by atoms with Gasteiger partial charge in [0.1, 0.15) is 0 Å². The van der Waals surface area contributed by atoms with E-state index in [0.29, 0.717) is 19.4 Å². The number of fused-ring (bicyclic) bond motifs is 1. The zero-order valence-electron chi connectivity index (χ0n) is 12.7. The van der Waals surface area contributed by atoms with Crippen molar-refractivity contribution in [3.8, 4) is 0 Å². The van der Waals surface area contributed by atoms with Crippen molar-refractivity contribution in [3.63, 3.8) is 0 Å². The molecule has 1 atom stereocenters. The average molecular weight is 324 g/mol. The first-order valence-electron chi connectivity index (χ1n) is 7.84. The number of rotatable bonds is 3. The second-order valence-corrected chi connectivity index (χ2v) is 6.08. The maximum Gasteiger partial charge on any atom is 0.393 e. The predicted molar refractivity (Wildman–Crippen MR) is 82.0 cm³/mol. The largest absolute Gasteiger partial charge is 0.393 e. The Morgan fingerprint density at radius 2 is 2.09 bits per heavy atom. The quantitative estimate of drug-likeness (QED) is 0.913. The molecule has 1 fully saturated rings. The van der Waals surface area contributed by atoms with Crippen LogP contribution in [-0.2, 0) is 11.2 Å². The normalized spacial score (nSPS) is 19.3. The van der Waals surface area contributed by atoms with Gasteiger partial charge in [0.05, 0.1) is 5.92 Å². The number of hydrogen-bond donors (Lipinski definition) is 1. The number of hydrogen-bond acceptors (Lipinski definition) is 1. The summed E-state index contributed by atoms with van der Waals surface area (Å²) in [6.45, 7) is 0.232. The second kappa shape index (κ2) is 6.26. The molecule has 2 aromatic rings. The molecule has 0 unspecified atom stereocenters. The van der Waals surface area contributed by atoms with E-state index in [1.165, 1.54) is 4.90 Å². The van der Waals surface area contributed by atoms with Gasteiger partial charge in [-0.2, -0.15) is 13.2 Å². The smallest absolute Gasteiger partial charge is 0.361 e. The molecule has 0 radical (unpaired) electrons. The van der Waals surface area contributed by atoms with E-state index in [9.17, 15) is 18.0 Å². The monoisotopic (exact) mass is 324 g/mol. The Labute approximate surface area is 132 Å². The van der Waals surface area contributed by atoms with E-state index in [0.717, 1.165) is 16.5 Å². The number of H-pyrrole nitrogens is 1.